The van der Waals surface area contributed by atoms with Gasteiger partial charge in [0.25, 0.3) is 0 Å². The molecule has 2 aromatic rings. The molecule has 1 atom stereocenters. The molecule has 2 saturated heterocycles. The number of rotatable bonds is 2. The molecule has 24 heavy (non-hydrogen) atoms. The summed E-state index contributed by atoms with van der Waals surface area (Å²) in [6, 6.07) is 7.30. The number of aromatic nitrogens is 1. The molecule has 0 saturated carbocycles. The van der Waals surface area contributed by atoms with Crippen LogP contribution in [-0.2, 0) is 4.79 Å². The number of benzene rings is 1. The van der Waals surface area contributed by atoms with Crippen molar-refractivity contribution in [3.8, 4) is 5.75 Å². The predicted molar refractivity (Wildman–Crippen MR) is 93.2 cm³/mol. The number of piperazine rings is 1. The first-order valence-electron chi connectivity index (χ1n) is 8.54. The number of nitrogens with one attached hydrogen (secondary N) is 1. The first-order chi connectivity index (χ1) is 11.7. The zero-order chi connectivity index (χ0) is 16.5. The Morgan fingerprint density at radius 2 is 2.04 bits per heavy atom. The molecule has 1 unspecified atom stereocenters. The van der Waals surface area contributed by atoms with Gasteiger partial charge in [-0.1, -0.05) is 0 Å². The number of nitrogens with zero attached hydrogens (tertiary/aromatic N) is 3. The number of fused-ring (bicyclic) bond motifs is 1. The van der Waals surface area contributed by atoms with Crippen LogP contribution in [0.5, 0.6) is 5.75 Å². The third-order valence-corrected chi connectivity index (χ3v) is 5.04. The Hall–Kier alpha value is -2.34. The van der Waals surface area contributed by atoms with Gasteiger partial charge >= 0.3 is 0 Å². The van der Waals surface area contributed by atoms with E-state index in [1.165, 1.54) is 0 Å². The average molecular weight is 326 g/mol. The minimum atomic E-state index is 0.154. The number of hydrogen-bond donors (Lipinski definition) is 2. The van der Waals surface area contributed by atoms with E-state index in [-0.39, 0.29) is 11.7 Å². The quantitative estimate of drug-likeness (QED) is 0.868. The summed E-state index contributed by atoms with van der Waals surface area (Å²) < 4.78 is 0. The van der Waals surface area contributed by atoms with Crippen molar-refractivity contribution in [3.05, 3.63) is 30.5 Å². The van der Waals surface area contributed by atoms with Crippen LogP contribution in [0.25, 0.3) is 10.9 Å². The molecule has 6 heteroatoms. The smallest absolute Gasteiger partial charge is 0.227 e. The van der Waals surface area contributed by atoms with E-state index in [1.54, 1.807) is 18.3 Å². The second-order valence-electron chi connectivity index (χ2n) is 6.53. The monoisotopic (exact) mass is 326 g/mol. The second-order valence-corrected chi connectivity index (χ2v) is 6.53. The van der Waals surface area contributed by atoms with Gasteiger partial charge in [0.15, 0.2) is 0 Å². The molecule has 6 nitrogen and oxygen atoms in total. The molecular formula is C18H22N4O2. The first-order valence-corrected chi connectivity index (χ1v) is 8.54. The van der Waals surface area contributed by atoms with Gasteiger partial charge in [-0.15, -0.1) is 0 Å². The standard InChI is InChI=1S/C18H22N4O2/c23-14-1-2-15-16(11-14)20-6-4-17(15)21-7-9-22(10-8-21)18(24)13-3-5-19-12-13/h1-2,4,6,11,13,19,23H,3,5,7-10,12H2. The molecule has 1 aromatic heterocycles. The number of hydrogen-bond acceptors (Lipinski definition) is 5. The zero-order valence-electron chi connectivity index (χ0n) is 13.6. The predicted octanol–water partition coefficient (Wildman–Crippen LogP) is 1.20. The van der Waals surface area contributed by atoms with Crippen molar-refractivity contribution in [1.82, 2.24) is 15.2 Å². The second kappa shape index (κ2) is 6.28. The maximum Gasteiger partial charge on any atom is 0.227 e. The van der Waals surface area contributed by atoms with Gasteiger partial charge in [-0.05, 0) is 31.2 Å². The van der Waals surface area contributed by atoms with Crippen LogP contribution in [0.4, 0.5) is 5.69 Å². The van der Waals surface area contributed by atoms with Crippen molar-refractivity contribution in [2.24, 2.45) is 5.92 Å². The van der Waals surface area contributed by atoms with E-state index >= 15 is 0 Å². The Kier molecular flexibility index (Phi) is 3.98. The Morgan fingerprint density at radius 1 is 1.21 bits per heavy atom. The number of pyridine rings is 1. The number of carbonyl (C=O) groups excluding carboxylic acids is 1. The third kappa shape index (κ3) is 2.78. The third-order valence-electron chi connectivity index (χ3n) is 5.04. The van der Waals surface area contributed by atoms with Gasteiger partial charge in [0.2, 0.25) is 5.91 Å². The van der Waals surface area contributed by atoms with Crippen molar-refractivity contribution in [2.45, 2.75) is 6.42 Å². The van der Waals surface area contributed by atoms with Crippen LogP contribution < -0.4 is 10.2 Å². The molecule has 4 rings (SSSR count). The highest BCUT2D eigenvalue weighted by Crippen LogP contribution is 2.28. The molecule has 1 amide bonds. The number of carbonyl (C=O) groups is 1. The van der Waals surface area contributed by atoms with Gasteiger partial charge in [-0.25, -0.2) is 0 Å². The van der Waals surface area contributed by atoms with E-state index in [4.69, 9.17) is 0 Å². The van der Waals surface area contributed by atoms with E-state index in [0.29, 0.717) is 5.91 Å². The van der Waals surface area contributed by atoms with Crippen molar-refractivity contribution >= 4 is 22.5 Å². The van der Waals surface area contributed by atoms with Crippen LogP contribution in [0.1, 0.15) is 6.42 Å². The lowest BCUT2D eigenvalue weighted by atomic mass is 10.1. The van der Waals surface area contributed by atoms with Gasteiger partial charge in [0, 0.05) is 56.1 Å². The van der Waals surface area contributed by atoms with E-state index in [0.717, 1.165) is 62.3 Å². The van der Waals surface area contributed by atoms with Crippen molar-refractivity contribution in [2.75, 3.05) is 44.2 Å². The van der Waals surface area contributed by atoms with Crippen LogP contribution in [0.2, 0.25) is 0 Å². The van der Waals surface area contributed by atoms with E-state index in [2.05, 4.69) is 15.2 Å². The number of amides is 1. The van der Waals surface area contributed by atoms with E-state index in [1.807, 2.05) is 17.0 Å². The Labute approximate surface area is 141 Å². The van der Waals surface area contributed by atoms with Crippen LogP contribution in [-0.4, -0.2) is 60.2 Å². The summed E-state index contributed by atoms with van der Waals surface area (Å²) in [6.45, 7) is 4.94. The first kappa shape index (κ1) is 15.2. The largest absolute Gasteiger partial charge is 0.508 e. The van der Waals surface area contributed by atoms with Gasteiger partial charge < -0.3 is 20.2 Å². The summed E-state index contributed by atoms with van der Waals surface area (Å²) in [5.74, 6) is 0.679. The molecule has 0 aliphatic carbocycles. The van der Waals surface area contributed by atoms with Crippen LogP contribution >= 0.6 is 0 Å². The van der Waals surface area contributed by atoms with Gasteiger partial charge in [-0.2, -0.15) is 0 Å². The fourth-order valence-electron chi connectivity index (χ4n) is 3.69. The highest BCUT2D eigenvalue weighted by molar-refractivity contribution is 5.92. The average Bonchev–Trinajstić information content (AvgIpc) is 3.15. The summed E-state index contributed by atoms with van der Waals surface area (Å²) in [5.41, 5.74) is 1.91. The molecule has 2 aliphatic heterocycles. The summed E-state index contributed by atoms with van der Waals surface area (Å²) in [7, 11) is 0. The fourth-order valence-corrected chi connectivity index (χ4v) is 3.69. The molecule has 2 N–H and O–H groups in total. The number of phenols is 1. The Morgan fingerprint density at radius 3 is 2.79 bits per heavy atom. The highest BCUT2D eigenvalue weighted by atomic mass is 16.3. The molecule has 126 valence electrons. The minimum Gasteiger partial charge on any atom is -0.508 e. The van der Waals surface area contributed by atoms with Crippen LogP contribution in [0.15, 0.2) is 30.5 Å². The molecule has 2 aliphatic rings. The number of phenolic OH excluding ortho intramolecular Hbond substituents is 1. The molecule has 1 aromatic carbocycles. The van der Waals surface area contributed by atoms with E-state index in [9.17, 15) is 9.90 Å². The van der Waals surface area contributed by atoms with Crippen LogP contribution in [0, 0.1) is 5.92 Å². The minimum absolute atomic E-state index is 0.154. The number of aromatic hydroxyl groups is 1. The molecule has 2 fully saturated rings. The maximum atomic E-state index is 12.5. The van der Waals surface area contributed by atoms with E-state index < -0.39 is 0 Å². The molecule has 3 heterocycles. The summed E-state index contributed by atoms with van der Waals surface area (Å²) in [5, 5.41) is 13.9. The Bertz CT molecular complexity index is 750. The maximum absolute atomic E-state index is 12.5. The van der Waals surface area contributed by atoms with Gasteiger partial charge in [0.05, 0.1) is 11.4 Å². The SMILES string of the molecule is O=C(C1CCNC1)N1CCN(c2ccnc3cc(O)ccc23)CC1. The Balaban J connectivity index is 1.49. The topological polar surface area (TPSA) is 68.7 Å². The summed E-state index contributed by atoms with van der Waals surface area (Å²) in [4.78, 5) is 21.2. The number of anilines is 1. The molecule has 0 spiro atoms. The highest BCUT2D eigenvalue weighted by Gasteiger charge is 2.29. The fraction of sp³-hybridized carbons (Fsp3) is 0.444. The summed E-state index contributed by atoms with van der Waals surface area (Å²) >= 11 is 0. The lowest BCUT2D eigenvalue weighted by Gasteiger charge is -2.37. The lowest BCUT2D eigenvalue weighted by Crippen LogP contribution is -2.50. The lowest BCUT2D eigenvalue weighted by molar-refractivity contribution is -0.135. The van der Waals surface area contributed by atoms with Crippen molar-refractivity contribution < 1.29 is 9.90 Å². The molecule has 0 bridgehead atoms. The van der Waals surface area contributed by atoms with Crippen LogP contribution in [0.3, 0.4) is 0 Å². The molecular weight excluding hydrogens is 304 g/mol. The normalized spacial score (nSPS) is 21.4. The van der Waals surface area contributed by atoms with Crippen molar-refractivity contribution in [1.29, 1.82) is 0 Å². The molecule has 0 radical (unpaired) electrons. The van der Waals surface area contributed by atoms with Crippen molar-refractivity contribution in [3.63, 3.8) is 0 Å². The van der Waals surface area contributed by atoms with Gasteiger partial charge in [-0.3, -0.25) is 9.78 Å². The zero-order valence-corrected chi connectivity index (χ0v) is 13.6. The van der Waals surface area contributed by atoms with Gasteiger partial charge in [0.1, 0.15) is 5.75 Å². The summed E-state index contributed by atoms with van der Waals surface area (Å²) in [6.07, 6.45) is 2.73.